The number of halogens is 3. The van der Waals surface area contributed by atoms with Crippen molar-refractivity contribution in [2.45, 2.75) is 12.3 Å². The second-order valence-corrected chi connectivity index (χ2v) is 2.42. The predicted octanol–water partition coefficient (Wildman–Crippen LogP) is 1.26. The average molecular weight is 192 g/mol. The molecule has 6 heteroatoms. The number of aromatic nitrogens is 1. The van der Waals surface area contributed by atoms with Crippen LogP contribution in [0, 0.1) is 0 Å². The summed E-state index contributed by atoms with van der Waals surface area (Å²) in [4.78, 5) is 3.43. The molecule has 0 bridgehead atoms. The van der Waals surface area contributed by atoms with Crippen LogP contribution in [0.2, 0.25) is 0 Å². The van der Waals surface area contributed by atoms with Gasteiger partial charge >= 0.3 is 6.18 Å². The lowest BCUT2D eigenvalue weighted by atomic mass is 10.1. The molecule has 13 heavy (non-hydrogen) atoms. The van der Waals surface area contributed by atoms with Crippen LogP contribution in [0.15, 0.2) is 18.3 Å². The van der Waals surface area contributed by atoms with Gasteiger partial charge in [0.2, 0.25) is 0 Å². The lowest BCUT2D eigenvalue weighted by molar-refractivity contribution is -0.206. The van der Waals surface area contributed by atoms with Crippen LogP contribution in [-0.2, 0) is 0 Å². The summed E-state index contributed by atoms with van der Waals surface area (Å²) in [5.41, 5.74) is 4.73. The van der Waals surface area contributed by atoms with Gasteiger partial charge < -0.3 is 10.8 Å². The first-order valence-electron chi connectivity index (χ1n) is 3.38. The summed E-state index contributed by atoms with van der Waals surface area (Å²) in [5.74, 6) is -0.313. The smallest absolute Gasteiger partial charge is 0.383 e. The van der Waals surface area contributed by atoms with Crippen molar-refractivity contribution in [2.75, 3.05) is 5.73 Å². The molecule has 0 aliphatic rings. The minimum Gasteiger partial charge on any atom is -0.383 e. The molecule has 1 heterocycles. The first-order chi connectivity index (χ1) is 5.93. The highest BCUT2D eigenvalue weighted by Gasteiger charge is 2.40. The molecule has 0 aliphatic carbocycles. The summed E-state index contributed by atoms with van der Waals surface area (Å²) in [7, 11) is 0. The molecule has 3 N–H and O–H groups in total. The molecular weight excluding hydrogens is 185 g/mol. The summed E-state index contributed by atoms with van der Waals surface area (Å²) < 4.78 is 35.9. The third kappa shape index (κ3) is 2.09. The Morgan fingerprint density at radius 2 is 2.08 bits per heavy atom. The zero-order valence-electron chi connectivity index (χ0n) is 6.42. The molecule has 0 radical (unpaired) electrons. The molecule has 0 unspecified atom stereocenters. The number of aliphatic hydroxyl groups is 1. The Kier molecular flexibility index (Phi) is 2.42. The topological polar surface area (TPSA) is 59.1 Å². The monoisotopic (exact) mass is 192 g/mol. The SMILES string of the molecule is Nc1ncccc1[C@H](O)C(F)(F)F. The fourth-order valence-electron chi connectivity index (χ4n) is 0.837. The van der Waals surface area contributed by atoms with E-state index in [2.05, 4.69) is 4.98 Å². The van der Waals surface area contributed by atoms with E-state index in [1.165, 1.54) is 12.3 Å². The zero-order chi connectivity index (χ0) is 10.1. The van der Waals surface area contributed by atoms with Gasteiger partial charge in [-0.1, -0.05) is 6.07 Å². The van der Waals surface area contributed by atoms with Gasteiger partial charge in [-0.05, 0) is 6.07 Å². The summed E-state index contributed by atoms with van der Waals surface area (Å²) in [5, 5.41) is 8.79. The number of nitrogens with zero attached hydrogens (tertiary/aromatic N) is 1. The maximum Gasteiger partial charge on any atom is 0.418 e. The van der Waals surface area contributed by atoms with Crippen molar-refractivity contribution >= 4 is 5.82 Å². The molecule has 1 aromatic heterocycles. The summed E-state index contributed by atoms with van der Waals surface area (Å²) in [6, 6.07) is 2.36. The van der Waals surface area contributed by atoms with Crippen molar-refractivity contribution in [1.29, 1.82) is 0 Å². The van der Waals surface area contributed by atoms with Gasteiger partial charge in [-0.25, -0.2) is 4.98 Å². The number of hydrogen-bond acceptors (Lipinski definition) is 3. The third-order valence-corrected chi connectivity index (χ3v) is 1.48. The van der Waals surface area contributed by atoms with E-state index in [0.29, 0.717) is 0 Å². The van der Waals surface area contributed by atoms with E-state index in [0.717, 1.165) is 6.07 Å². The minimum atomic E-state index is -4.71. The molecule has 1 atom stereocenters. The Hall–Kier alpha value is -1.30. The van der Waals surface area contributed by atoms with E-state index in [-0.39, 0.29) is 5.82 Å². The fourth-order valence-corrected chi connectivity index (χ4v) is 0.837. The summed E-state index contributed by atoms with van der Waals surface area (Å²) in [6.45, 7) is 0. The average Bonchev–Trinajstić information content (AvgIpc) is 2.02. The lowest BCUT2D eigenvalue weighted by Crippen LogP contribution is -2.21. The van der Waals surface area contributed by atoms with Crippen LogP contribution >= 0.6 is 0 Å². The van der Waals surface area contributed by atoms with Gasteiger partial charge in [0, 0.05) is 11.8 Å². The van der Waals surface area contributed by atoms with Gasteiger partial charge in [-0.15, -0.1) is 0 Å². The lowest BCUT2D eigenvalue weighted by Gasteiger charge is -2.15. The quantitative estimate of drug-likeness (QED) is 0.704. The minimum absolute atomic E-state index is 0.313. The maximum absolute atomic E-state index is 12.0. The highest BCUT2D eigenvalue weighted by Crippen LogP contribution is 2.33. The van der Waals surface area contributed by atoms with Gasteiger partial charge in [-0.2, -0.15) is 13.2 Å². The Bertz CT molecular complexity index is 300. The number of nitrogen functional groups attached to an aromatic ring is 1. The zero-order valence-corrected chi connectivity index (χ0v) is 6.42. The number of aliphatic hydroxyl groups excluding tert-OH is 1. The van der Waals surface area contributed by atoms with Gasteiger partial charge in [-0.3, -0.25) is 0 Å². The van der Waals surface area contributed by atoms with Crippen LogP contribution in [0.5, 0.6) is 0 Å². The van der Waals surface area contributed by atoms with Gasteiger partial charge in [0.15, 0.2) is 6.10 Å². The van der Waals surface area contributed by atoms with Crippen molar-refractivity contribution < 1.29 is 18.3 Å². The molecule has 0 fully saturated rings. The molecule has 1 aromatic rings. The molecule has 0 aliphatic heterocycles. The van der Waals surface area contributed by atoms with E-state index in [1.807, 2.05) is 0 Å². The van der Waals surface area contributed by atoms with E-state index in [9.17, 15) is 13.2 Å². The van der Waals surface area contributed by atoms with Crippen molar-refractivity contribution in [3.8, 4) is 0 Å². The second-order valence-electron chi connectivity index (χ2n) is 2.42. The number of anilines is 1. The molecule has 1 rings (SSSR count). The van der Waals surface area contributed by atoms with E-state index in [4.69, 9.17) is 10.8 Å². The number of alkyl halides is 3. The van der Waals surface area contributed by atoms with Crippen LogP contribution < -0.4 is 5.73 Å². The largest absolute Gasteiger partial charge is 0.418 e. The highest BCUT2D eigenvalue weighted by molar-refractivity contribution is 5.40. The molecular formula is C7H7F3N2O. The normalized spacial score (nSPS) is 14.2. The fraction of sp³-hybridized carbons (Fsp3) is 0.286. The van der Waals surface area contributed by atoms with Crippen molar-refractivity contribution in [3.05, 3.63) is 23.9 Å². The van der Waals surface area contributed by atoms with Crippen LogP contribution in [0.1, 0.15) is 11.7 Å². The summed E-state index contributed by atoms with van der Waals surface area (Å²) >= 11 is 0. The molecule has 72 valence electrons. The van der Waals surface area contributed by atoms with E-state index in [1.54, 1.807) is 0 Å². The molecule has 0 aromatic carbocycles. The van der Waals surface area contributed by atoms with Crippen molar-refractivity contribution in [1.82, 2.24) is 4.98 Å². The van der Waals surface area contributed by atoms with Crippen molar-refractivity contribution in [2.24, 2.45) is 0 Å². The number of pyridine rings is 1. The van der Waals surface area contributed by atoms with Gasteiger partial charge in [0.05, 0.1) is 0 Å². The Morgan fingerprint density at radius 1 is 1.46 bits per heavy atom. The number of nitrogens with two attached hydrogens (primary N) is 1. The van der Waals surface area contributed by atoms with Crippen LogP contribution in [0.3, 0.4) is 0 Å². The van der Waals surface area contributed by atoms with Crippen LogP contribution in [0.4, 0.5) is 19.0 Å². The molecule has 0 spiro atoms. The van der Waals surface area contributed by atoms with Crippen LogP contribution in [0.25, 0.3) is 0 Å². The predicted molar refractivity (Wildman–Crippen MR) is 39.7 cm³/mol. The summed E-state index contributed by atoms with van der Waals surface area (Å²) in [6.07, 6.45) is -6.03. The van der Waals surface area contributed by atoms with Gasteiger partial charge in [0.25, 0.3) is 0 Å². The van der Waals surface area contributed by atoms with E-state index < -0.39 is 17.8 Å². The highest BCUT2D eigenvalue weighted by atomic mass is 19.4. The third-order valence-electron chi connectivity index (χ3n) is 1.48. The van der Waals surface area contributed by atoms with Gasteiger partial charge in [0.1, 0.15) is 5.82 Å². The number of rotatable bonds is 1. The Morgan fingerprint density at radius 3 is 2.54 bits per heavy atom. The van der Waals surface area contributed by atoms with Crippen molar-refractivity contribution in [3.63, 3.8) is 0 Å². The molecule has 0 saturated carbocycles. The molecule has 3 nitrogen and oxygen atoms in total. The number of hydrogen-bond donors (Lipinski definition) is 2. The maximum atomic E-state index is 12.0. The second kappa shape index (κ2) is 3.21. The molecule has 0 saturated heterocycles. The standard InChI is InChI=1S/C7H7F3N2O/c8-7(9,10)5(13)4-2-1-3-12-6(4)11/h1-3,5,13H,(H2,11,12)/t5-/m0/s1. The first-order valence-corrected chi connectivity index (χ1v) is 3.38. The van der Waals surface area contributed by atoms with Crippen LogP contribution in [-0.4, -0.2) is 16.3 Å². The Balaban J connectivity index is 3.02. The first kappa shape index (κ1) is 9.79. The van der Waals surface area contributed by atoms with E-state index >= 15 is 0 Å². The molecule has 0 amide bonds. The Labute approximate surface area is 72.0 Å².